The smallest absolute Gasteiger partial charge is 0.313 e. The van der Waals surface area contributed by atoms with Gasteiger partial charge in [0.25, 0.3) is 0 Å². The van der Waals surface area contributed by atoms with Crippen molar-refractivity contribution in [3.8, 4) is 5.75 Å². The summed E-state index contributed by atoms with van der Waals surface area (Å²) < 4.78 is 5.09. The van der Waals surface area contributed by atoms with E-state index < -0.39 is 11.8 Å². The molecule has 142 valence electrons. The van der Waals surface area contributed by atoms with Gasteiger partial charge in [-0.05, 0) is 73.1 Å². The first-order chi connectivity index (χ1) is 13.1. The molecular weight excluding hydrogens is 340 g/mol. The van der Waals surface area contributed by atoms with Crippen LogP contribution in [0.1, 0.15) is 48.9 Å². The Hall–Kier alpha value is -2.82. The van der Waals surface area contributed by atoms with Crippen molar-refractivity contribution in [3.05, 3.63) is 59.2 Å². The lowest BCUT2D eigenvalue weighted by molar-refractivity contribution is -0.136. The van der Waals surface area contributed by atoms with E-state index in [2.05, 4.69) is 28.8 Å². The quantitative estimate of drug-likeness (QED) is 0.792. The Morgan fingerprint density at radius 1 is 1.00 bits per heavy atom. The van der Waals surface area contributed by atoms with Gasteiger partial charge in [-0.1, -0.05) is 25.1 Å². The molecule has 2 aromatic rings. The Bertz CT molecular complexity index is 815. The van der Waals surface area contributed by atoms with E-state index in [0.717, 1.165) is 24.8 Å². The first-order valence-corrected chi connectivity index (χ1v) is 9.48. The second kappa shape index (κ2) is 8.71. The highest BCUT2D eigenvalue weighted by molar-refractivity contribution is 6.39. The highest BCUT2D eigenvalue weighted by Crippen LogP contribution is 2.26. The number of carbonyl (C=O) groups is 2. The molecule has 0 heterocycles. The highest BCUT2D eigenvalue weighted by Gasteiger charge is 2.20. The maximum Gasteiger partial charge on any atom is 0.313 e. The molecule has 0 saturated heterocycles. The number of hydrogen-bond donors (Lipinski definition) is 2. The summed E-state index contributed by atoms with van der Waals surface area (Å²) >= 11 is 0. The summed E-state index contributed by atoms with van der Waals surface area (Å²) in [5.41, 5.74) is 4.39. The van der Waals surface area contributed by atoms with E-state index in [1.54, 1.807) is 31.4 Å². The Labute approximate surface area is 160 Å². The van der Waals surface area contributed by atoms with E-state index in [1.165, 1.54) is 24.0 Å². The number of amides is 2. The van der Waals surface area contributed by atoms with Gasteiger partial charge in [0.1, 0.15) is 5.75 Å². The molecule has 0 fully saturated rings. The Morgan fingerprint density at radius 2 is 1.70 bits per heavy atom. The summed E-state index contributed by atoms with van der Waals surface area (Å²) in [6.07, 6.45) is 5.39. The van der Waals surface area contributed by atoms with Gasteiger partial charge >= 0.3 is 11.8 Å². The molecule has 0 aliphatic heterocycles. The first kappa shape index (κ1) is 19.0. The van der Waals surface area contributed by atoms with Gasteiger partial charge in [-0.3, -0.25) is 9.59 Å². The molecule has 0 spiro atoms. The van der Waals surface area contributed by atoms with Gasteiger partial charge in [0.15, 0.2) is 0 Å². The Balaban J connectivity index is 1.64. The molecule has 27 heavy (non-hydrogen) atoms. The van der Waals surface area contributed by atoms with E-state index in [1.807, 2.05) is 6.92 Å². The zero-order valence-corrected chi connectivity index (χ0v) is 15.9. The summed E-state index contributed by atoms with van der Waals surface area (Å²) in [4.78, 5) is 24.6. The van der Waals surface area contributed by atoms with Gasteiger partial charge < -0.3 is 15.4 Å². The van der Waals surface area contributed by atoms with Crippen molar-refractivity contribution in [1.29, 1.82) is 0 Å². The molecule has 0 saturated carbocycles. The molecule has 0 aromatic heterocycles. The molecule has 2 amide bonds. The highest BCUT2D eigenvalue weighted by atomic mass is 16.5. The normalized spacial score (nSPS) is 14.0. The van der Waals surface area contributed by atoms with Crippen LogP contribution in [0.15, 0.2) is 42.5 Å². The van der Waals surface area contributed by atoms with Gasteiger partial charge in [-0.15, -0.1) is 0 Å². The van der Waals surface area contributed by atoms with Crippen LogP contribution in [0, 0.1) is 0 Å². The lowest BCUT2D eigenvalue weighted by Crippen LogP contribution is -2.37. The molecular formula is C22H26N2O3. The van der Waals surface area contributed by atoms with Crippen LogP contribution >= 0.6 is 0 Å². The van der Waals surface area contributed by atoms with E-state index >= 15 is 0 Å². The predicted octanol–water partition coefficient (Wildman–Crippen LogP) is 3.78. The maximum atomic E-state index is 12.4. The van der Waals surface area contributed by atoms with Crippen LogP contribution in [0.5, 0.6) is 5.75 Å². The summed E-state index contributed by atoms with van der Waals surface area (Å²) in [5.74, 6) is -0.608. The number of nitrogens with one attached hydrogen (secondary N) is 2. The number of carbonyl (C=O) groups excluding carboxylic acids is 2. The summed E-state index contributed by atoms with van der Waals surface area (Å²) in [6, 6.07) is 13.1. The van der Waals surface area contributed by atoms with Crippen molar-refractivity contribution >= 4 is 17.5 Å². The standard InChI is InChI=1S/C22H26N2O3/c1-3-20(17-9-8-15-6-4-5-7-16(15)14-17)24-22(26)21(25)23-18-10-12-19(27-2)13-11-18/h8-14,20H,3-7H2,1-2H3,(H,23,25)(H,24,26). The number of aryl methyl sites for hydroxylation is 2. The largest absolute Gasteiger partial charge is 0.497 e. The molecule has 0 radical (unpaired) electrons. The molecule has 1 aliphatic rings. The molecule has 2 aromatic carbocycles. The third-order valence-corrected chi connectivity index (χ3v) is 5.04. The molecule has 1 unspecified atom stereocenters. The van der Waals surface area contributed by atoms with Gasteiger partial charge in [0, 0.05) is 5.69 Å². The Morgan fingerprint density at radius 3 is 2.37 bits per heavy atom. The van der Waals surface area contributed by atoms with Crippen LogP contribution in [0.4, 0.5) is 5.69 Å². The minimum Gasteiger partial charge on any atom is -0.497 e. The molecule has 5 heteroatoms. The molecule has 1 aliphatic carbocycles. The average Bonchev–Trinajstić information content (AvgIpc) is 2.72. The van der Waals surface area contributed by atoms with Crippen molar-refractivity contribution < 1.29 is 14.3 Å². The van der Waals surface area contributed by atoms with E-state index in [4.69, 9.17) is 4.74 Å². The van der Waals surface area contributed by atoms with Crippen LogP contribution in [0.25, 0.3) is 0 Å². The minimum atomic E-state index is -0.670. The topological polar surface area (TPSA) is 67.4 Å². The number of benzene rings is 2. The van der Waals surface area contributed by atoms with Crippen molar-refractivity contribution in [1.82, 2.24) is 5.32 Å². The van der Waals surface area contributed by atoms with Crippen LogP contribution in [0.3, 0.4) is 0 Å². The fourth-order valence-corrected chi connectivity index (χ4v) is 3.48. The third-order valence-electron chi connectivity index (χ3n) is 5.04. The predicted molar refractivity (Wildman–Crippen MR) is 106 cm³/mol. The zero-order valence-electron chi connectivity index (χ0n) is 15.9. The van der Waals surface area contributed by atoms with Gasteiger partial charge in [0.2, 0.25) is 0 Å². The lowest BCUT2D eigenvalue weighted by Gasteiger charge is -2.21. The Kier molecular flexibility index (Phi) is 6.12. The number of rotatable bonds is 5. The van der Waals surface area contributed by atoms with Gasteiger partial charge in [-0.25, -0.2) is 0 Å². The second-order valence-corrected chi connectivity index (χ2v) is 6.85. The SMILES string of the molecule is CCC(NC(=O)C(=O)Nc1ccc(OC)cc1)c1ccc2c(c1)CCCC2. The second-order valence-electron chi connectivity index (χ2n) is 6.85. The van der Waals surface area contributed by atoms with Crippen molar-refractivity contribution in [2.75, 3.05) is 12.4 Å². The van der Waals surface area contributed by atoms with Crippen LogP contribution < -0.4 is 15.4 Å². The summed E-state index contributed by atoms with van der Waals surface area (Å²) in [6.45, 7) is 2.01. The van der Waals surface area contributed by atoms with E-state index in [0.29, 0.717) is 11.4 Å². The van der Waals surface area contributed by atoms with Crippen LogP contribution in [0.2, 0.25) is 0 Å². The summed E-state index contributed by atoms with van der Waals surface area (Å²) in [5, 5.41) is 5.47. The fraction of sp³-hybridized carbons (Fsp3) is 0.364. The maximum absolute atomic E-state index is 12.4. The van der Waals surface area contributed by atoms with Crippen molar-refractivity contribution in [3.63, 3.8) is 0 Å². The van der Waals surface area contributed by atoms with E-state index in [9.17, 15) is 9.59 Å². The first-order valence-electron chi connectivity index (χ1n) is 9.48. The number of anilines is 1. The monoisotopic (exact) mass is 366 g/mol. The third kappa shape index (κ3) is 4.67. The number of methoxy groups -OCH3 is 1. The zero-order chi connectivity index (χ0) is 19.2. The molecule has 0 bridgehead atoms. The number of ether oxygens (including phenoxy) is 1. The molecule has 2 N–H and O–H groups in total. The lowest BCUT2D eigenvalue weighted by atomic mass is 9.89. The van der Waals surface area contributed by atoms with Crippen LogP contribution in [-0.2, 0) is 22.4 Å². The fourth-order valence-electron chi connectivity index (χ4n) is 3.48. The summed E-state index contributed by atoms with van der Waals surface area (Å²) in [7, 11) is 1.58. The van der Waals surface area contributed by atoms with Gasteiger partial charge in [-0.2, -0.15) is 0 Å². The number of hydrogen-bond acceptors (Lipinski definition) is 3. The minimum absolute atomic E-state index is 0.175. The average molecular weight is 366 g/mol. The van der Waals surface area contributed by atoms with Crippen molar-refractivity contribution in [2.45, 2.75) is 45.1 Å². The molecule has 1 atom stereocenters. The molecule has 5 nitrogen and oxygen atoms in total. The number of fused-ring (bicyclic) bond motifs is 1. The van der Waals surface area contributed by atoms with Gasteiger partial charge in [0.05, 0.1) is 13.2 Å². The molecule has 3 rings (SSSR count). The van der Waals surface area contributed by atoms with E-state index in [-0.39, 0.29) is 6.04 Å². The van der Waals surface area contributed by atoms with Crippen molar-refractivity contribution in [2.24, 2.45) is 0 Å². The van der Waals surface area contributed by atoms with Crippen LogP contribution in [-0.4, -0.2) is 18.9 Å².